The highest BCUT2D eigenvalue weighted by Gasteiger charge is 2.14. The molecule has 0 bridgehead atoms. The van der Waals surface area contributed by atoms with Gasteiger partial charge >= 0.3 is 5.97 Å². The highest BCUT2D eigenvalue weighted by Crippen LogP contribution is 2.20. The third-order valence-electron chi connectivity index (χ3n) is 3.12. The van der Waals surface area contributed by atoms with Crippen molar-refractivity contribution in [1.29, 1.82) is 0 Å². The van der Waals surface area contributed by atoms with E-state index in [0.29, 0.717) is 11.3 Å². The molecule has 1 N–H and O–H groups in total. The third-order valence-corrected chi connectivity index (χ3v) is 3.12. The van der Waals surface area contributed by atoms with E-state index in [-0.39, 0.29) is 5.69 Å². The van der Waals surface area contributed by atoms with Gasteiger partial charge in [0.05, 0.1) is 11.4 Å². The van der Waals surface area contributed by atoms with Crippen LogP contribution in [0.3, 0.4) is 0 Å². The number of aryl methyl sites for hydroxylation is 2. The maximum absolute atomic E-state index is 11.4. The quantitative estimate of drug-likeness (QED) is 0.775. The molecule has 0 spiro atoms. The second kappa shape index (κ2) is 4.45. The summed E-state index contributed by atoms with van der Waals surface area (Å²) in [4.78, 5) is 15.8. The summed E-state index contributed by atoms with van der Waals surface area (Å²) >= 11 is 0. The first-order chi connectivity index (χ1) is 9.54. The van der Waals surface area contributed by atoms with Gasteiger partial charge in [0.15, 0.2) is 11.3 Å². The third kappa shape index (κ3) is 2.03. The number of fused-ring (bicyclic) bond motifs is 1. The van der Waals surface area contributed by atoms with Crippen LogP contribution in [0, 0.1) is 13.8 Å². The minimum Gasteiger partial charge on any atom is -0.477 e. The van der Waals surface area contributed by atoms with Gasteiger partial charge in [-0.05, 0) is 19.9 Å². The van der Waals surface area contributed by atoms with Crippen LogP contribution in [0.4, 0.5) is 0 Å². The van der Waals surface area contributed by atoms with Crippen molar-refractivity contribution >= 4 is 11.6 Å². The molecule has 0 aliphatic heterocycles. The lowest BCUT2D eigenvalue weighted by Crippen LogP contribution is -2.08. The van der Waals surface area contributed by atoms with Gasteiger partial charge in [0.25, 0.3) is 0 Å². The summed E-state index contributed by atoms with van der Waals surface area (Å²) in [6, 6.07) is 11.1. The zero-order valence-corrected chi connectivity index (χ0v) is 11.2. The van der Waals surface area contributed by atoms with Gasteiger partial charge in [-0.15, -0.1) is 0 Å². The van der Waals surface area contributed by atoms with Crippen LogP contribution in [-0.4, -0.2) is 25.7 Å². The van der Waals surface area contributed by atoms with E-state index in [2.05, 4.69) is 10.1 Å². The fraction of sp³-hybridized carbons (Fsp3) is 0.133. The lowest BCUT2D eigenvalue weighted by atomic mass is 10.1. The summed E-state index contributed by atoms with van der Waals surface area (Å²) in [6.07, 6.45) is 0. The number of aromatic nitrogens is 3. The van der Waals surface area contributed by atoms with Gasteiger partial charge in [-0.25, -0.2) is 14.3 Å². The molecule has 0 saturated heterocycles. The first-order valence-electron chi connectivity index (χ1n) is 6.22. The lowest BCUT2D eigenvalue weighted by molar-refractivity contribution is 0.0687. The maximum Gasteiger partial charge on any atom is 0.354 e. The number of hydrogen-bond acceptors (Lipinski definition) is 3. The van der Waals surface area contributed by atoms with Crippen LogP contribution in [0.5, 0.6) is 0 Å². The Hall–Kier alpha value is -2.69. The van der Waals surface area contributed by atoms with Gasteiger partial charge in [0.2, 0.25) is 0 Å². The molecule has 0 radical (unpaired) electrons. The van der Waals surface area contributed by atoms with Crippen molar-refractivity contribution < 1.29 is 9.90 Å². The molecule has 0 fully saturated rings. The van der Waals surface area contributed by atoms with E-state index in [0.717, 1.165) is 16.8 Å². The number of carbonyl (C=O) groups is 1. The molecule has 2 heterocycles. The Bertz CT molecular complexity index is 804. The summed E-state index contributed by atoms with van der Waals surface area (Å²) in [7, 11) is 0. The van der Waals surface area contributed by atoms with Crippen molar-refractivity contribution in [2.75, 3.05) is 0 Å². The summed E-state index contributed by atoms with van der Waals surface area (Å²) < 4.78 is 1.36. The van der Waals surface area contributed by atoms with Gasteiger partial charge < -0.3 is 5.11 Å². The molecule has 0 aliphatic carbocycles. The maximum atomic E-state index is 11.4. The standard InChI is InChI=1S/C15H13N3O2/c1-9-3-5-11(6-4-9)12-8-13(15(19)20)18-14(16-12)7-10(2)17-18/h3-8H,1-2H3,(H,19,20). The van der Waals surface area contributed by atoms with Crippen molar-refractivity contribution in [2.24, 2.45) is 0 Å². The van der Waals surface area contributed by atoms with Crippen molar-refractivity contribution in [3.63, 3.8) is 0 Å². The Balaban J connectivity index is 2.26. The molecule has 3 rings (SSSR count). The molecular weight excluding hydrogens is 254 g/mol. The molecule has 0 saturated carbocycles. The number of carboxylic acid groups (broad SMARTS) is 1. The van der Waals surface area contributed by atoms with Gasteiger partial charge in [-0.3, -0.25) is 0 Å². The minimum absolute atomic E-state index is 0.110. The highest BCUT2D eigenvalue weighted by molar-refractivity contribution is 5.88. The Morgan fingerprint density at radius 1 is 1.15 bits per heavy atom. The first-order valence-corrected chi connectivity index (χ1v) is 6.22. The first kappa shape index (κ1) is 12.3. The van der Waals surface area contributed by atoms with E-state index in [1.54, 1.807) is 12.1 Å². The summed E-state index contributed by atoms with van der Waals surface area (Å²) in [5, 5.41) is 13.5. The molecule has 5 heteroatoms. The van der Waals surface area contributed by atoms with Crippen LogP contribution in [0.1, 0.15) is 21.7 Å². The Labute approximate surface area is 115 Å². The highest BCUT2D eigenvalue weighted by atomic mass is 16.4. The van der Waals surface area contributed by atoms with Crippen LogP contribution in [0.2, 0.25) is 0 Å². The molecular formula is C15H13N3O2. The SMILES string of the molecule is Cc1ccc(-c2cc(C(=O)O)n3nc(C)cc3n2)cc1. The van der Waals surface area contributed by atoms with E-state index in [9.17, 15) is 9.90 Å². The van der Waals surface area contributed by atoms with E-state index >= 15 is 0 Å². The Morgan fingerprint density at radius 3 is 2.50 bits per heavy atom. The summed E-state index contributed by atoms with van der Waals surface area (Å²) in [5.74, 6) is -1.02. The van der Waals surface area contributed by atoms with Crippen molar-refractivity contribution in [3.05, 3.63) is 53.3 Å². The average molecular weight is 267 g/mol. The number of aromatic carboxylic acids is 1. The molecule has 20 heavy (non-hydrogen) atoms. The molecule has 5 nitrogen and oxygen atoms in total. The second-order valence-corrected chi connectivity index (χ2v) is 4.75. The smallest absolute Gasteiger partial charge is 0.354 e. The topological polar surface area (TPSA) is 67.5 Å². The van der Waals surface area contributed by atoms with Crippen molar-refractivity contribution in [2.45, 2.75) is 13.8 Å². The van der Waals surface area contributed by atoms with Gasteiger partial charge in [0, 0.05) is 11.6 Å². The van der Waals surface area contributed by atoms with Crippen LogP contribution < -0.4 is 0 Å². The largest absolute Gasteiger partial charge is 0.477 e. The van der Waals surface area contributed by atoms with E-state index in [1.165, 1.54) is 4.52 Å². The Kier molecular flexibility index (Phi) is 2.75. The minimum atomic E-state index is -1.02. The molecule has 1 aromatic carbocycles. The molecule has 0 unspecified atom stereocenters. The fourth-order valence-electron chi connectivity index (χ4n) is 2.11. The van der Waals surface area contributed by atoms with Crippen LogP contribution in [-0.2, 0) is 0 Å². The van der Waals surface area contributed by atoms with Crippen LogP contribution in [0.25, 0.3) is 16.9 Å². The van der Waals surface area contributed by atoms with Crippen molar-refractivity contribution in [3.8, 4) is 11.3 Å². The number of rotatable bonds is 2. The number of hydrogen-bond donors (Lipinski definition) is 1. The molecule has 0 amide bonds. The van der Waals surface area contributed by atoms with E-state index in [4.69, 9.17) is 0 Å². The zero-order valence-electron chi connectivity index (χ0n) is 11.2. The van der Waals surface area contributed by atoms with Gasteiger partial charge in [-0.1, -0.05) is 29.8 Å². The molecule has 0 atom stereocenters. The number of carboxylic acids is 1. The normalized spacial score (nSPS) is 10.9. The molecule has 0 aliphatic rings. The molecule has 2 aromatic heterocycles. The second-order valence-electron chi connectivity index (χ2n) is 4.75. The predicted molar refractivity (Wildman–Crippen MR) is 74.9 cm³/mol. The van der Waals surface area contributed by atoms with E-state index < -0.39 is 5.97 Å². The summed E-state index contributed by atoms with van der Waals surface area (Å²) in [6.45, 7) is 3.81. The molecule has 3 aromatic rings. The molecule has 100 valence electrons. The Morgan fingerprint density at radius 2 is 1.85 bits per heavy atom. The van der Waals surface area contributed by atoms with Crippen molar-refractivity contribution in [1.82, 2.24) is 14.6 Å². The van der Waals surface area contributed by atoms with Gasteiger partial charge in [0.1, 0.15) is 0 Å². The monoisotopic (exact) mass is 267 g/mol. The number of benzene rings is 1. The predicted octanol–water partition coefficient (Wildman–Crippen LogP) is 2.71. The zero-order chi connectivity index (χ0) is 14.3. The lowest BCUT2D eigenvalue weighted by Gasteiger charge is -2.05. The van der Waals surface area contributed by atoms with E-state index in [1.807, 2.05) is 38.1 Å². The fourth-order valence-corrected chi connectivity index (χ4v) is 2.11. The van der Waals surface area contributed by atoms with Crippen LogP contribution >= 0.6 is 0 Å². The summed E-state index contributed by atoms with van der Waals surface area (Å²) in [5.41, 5.74) is 4.06. The van der Waals surface area contributed by atoms with Gasteiger partial charge in [-0.2, -0.15) is 5.10 Å². The average Bonchev–Trinajstić information content (AvgIpc) is 2.78. The number of nitrogens with zero attached hydrogens (tertiary/aromatic N) is 3. The van der Waals surface area contributed by atoms with Crippen LogP contribution in [0.15, 0.2) is 36.4 Å².